The number of carbonyl (C=O) groups excluding carboxylic acids is 1. The van der Waals surface area contributed by atoms with E-state index in [9.17, 15) is 18.0 Å². The van der Waals surface area contributed by atoms with E-state index in [0.29, 0.717) is 21.6 Å². The zero-order chi connectivity index (χ0) is 14.9. The van der Waals surface area contributed by atoms with Crippen molar-refractivity contribution < 1.29 is 18.0 Å². The molecule has 0 aliphatic carbocycles. The molecule has 0 saturated carbocycles. The first-order chi connectivity index (χ1) is 9.38. The molecule has 0 unspecified atom stereocenters. The minimum absolute atomic E-state index is 0.113. The van der Waals surface area contributed by atoms with E-state index in [2.05, 4.69) is 21.2 Å². The second kappa shape index (κ2) is 5.85. The normalized spacial score (nSPS) is 10.4. The summed E-state index contributed by atoms with van der Waals surface area (Å²) in [5, 5.41) is 2.39. The molecule has 0 fully saturated rings. The lowest BCUT2D eigenvalue weighted by molar-refractivity contribution is 0.102. The number of nitrogens with one attached hydrogen (secondary N) is 1. The number of rotatable bonds is 2. The SMILES string of the molecule is O=C(Nc1cc(F)cc(F)c1F)c1cc(Cl)ccc1Br. The molecule has 20 heavy (non-hydrogen) atoms. The summed E-state index contributed by atoms with van der Waals surface area (Å²) in [5.41, 5.74) is -0.471. The fraction of sp³-hybridized carbons (Fsp3) is 0. The molecular formula is C13H6BrClF3NO. The zero-order valence-electron chi connectivity index (χ0n) is 9.68. The van der Waals surface area contributed by atoms with Gasteiger partial charge in [-0.05, 0) is 34.1 Å². The van der Waals surface area contributed by atoms with Crippen LogP contribution in [-0.4, -0.2) is 5.91 Å². The predicted octanol–water partition coefficient (Wildman–Crippen LogP) is 4.77. The van der Waals surface area contributed by atoms with Gasteiger partial charge in [-0.3, -0.25) is 4.79 Å². The standard InChI is InChI=1S/C13H6BrClF3NO/c14-9-2-1-6(15)3-8(9)13(20)19-11-5-7(16)4-10(17)12(11)18/h1-5H,(H,19,20). The summed E-state index contributed by atoms with van der Waals surface area (Å²) in [6, 6.07) is 5.49. The van der Waals surface area contributed by atoms with Crippen molar-refractivity contribution in [3.05, 3.63) is 62.8 Å². The van der Waals surface area contributed by atoms with Gasteiger partial charge in [0.25, 0.3) is 5.91 Å². The third-order valence-electron chi connectivity index (χ3n) is 2.41. The summed E-state index contributed by atoms with van der Waals surface area (Å²) >= 11 is 8.88. The fourth-order valence-electron chi connectivity index (χ4n) is 1.51. The maximum atomic E-state index is 13.4. The smallest absolute Gasteiger partial charge is 0.256 e. The van der Waals surface area contributed by atoms with Gasteiger partial charge in [0, 0.05) is 21.6 Å². The quantitative estimate of drug-likeness (QED) is 0.764. The Morgan fingerprint density at radius 2 is 1.85 bits per heavy atom. The van der Waals surface area contributed by atoms with Gasteiger partial charge in [-0.2, -0.15) is 0 Å². The van der Waals surface area contributed by atoms with Crippen molar-refractivity contribution in [1.29, 1.82) is 0 Å². The molecule has 0 heterocycles. The van der Waals surface area contributed by atoms with Crippen LogP contribution in [0.25, 0.3) is 0 Å². The molecule has 1 N–H and O–H groups in total. The highest BCUT2D eigenvalue weighted by molar-refractivity contribution is 9.10. The maximum absolute atomic E-state index is 13.4. The molecule has 0 bridgehead atoms. The van der Waals surface area contributed by atoms with E-state index in [1.54, 1.807) is 6.07 Å². The number of hydrogen-bond acceptors (Lipinski definition) is 1. The molecule has 0 aliphatic heterocycles. The average molecular weight is 365 g/mol. The van der Waals surface area contributed by atoms with E-state index < -0.39 is 29.0 Å². The highest BCUT2D eigenvalue weighted by Gasteiger charge is 2.16. The molecule has 0 radical (unpaired) electrons. The first-order valence-electron chi connectivity index (χ1n) is 5.29. The van der Waals surface area contributed by atoms with Gasteiger partial charge in [0.15, 0.2) is 11.6 Å². The van der Waals surface area contributed by atoms with Gasteiger partial charge in [-0.25, -0.2) is 13.2 Å². The largest absolute Gasteiger partial charge is 0.319 e. The Hall–Kier alpha value is -1.53. The average Bonchev–Trinajstić information content (AvgIpc) is 2.38. The summed E-state index contributed by atoms with van der Waals surface area (Å²) in [5.74, 6) is -4.46. The third-order valence-corrected chi connectivity index (χ3v) is 3.34. The first kappa shape index (κ1) is 14.9. The van der Waals surface area contributed by atoms with E-state index in [1.807, 2.05) is 0 Å². The Balaban J connectivity index is 2.35. The molecular weight excluding hydrogens is 358 g/mol. The second-order valence-corrected chi connectivity index (χ2v) is 5.12. The molecule has 1 amide bonds. The van der Waals surface area contributed by atoms with Crippen LogP contribution in [0.2, 0.25) is 5.02 Å². The van der Waals surface area contributed by atoms with Crippen LogP contribution >= 0.6 is 27.5 Å². The van der Waals surface area contributed by atoms with Gasteiger partial charge in [0.05, 0.1) is 11.3 Å². The van der Waals surface area contributed by atoms with E-state index in [-0.39, 0.29) is 5.56 Å². The summed E-state index contributed by atoms with van der Waals surface area (Å²) in [6.45, 7) is 0. The van der Waals surface area contributed by atoms with Crippen LogP contribution < -0.4 is 5.32 Å². The van der Waals surface area contributed by atoms with E-state index in [1.165, 1.54) is 12.1 Å². The van der Waals surface area contributed by atoms with Crippen LogP contribution in [0.4, 0.5) is 18.9 Å². The van der Waals surface area contributed by atoms with Gasteiger partial charge in [0.1, 0.15) is 5.82 Å². The van der Waals surface area contributed by atoms with Crippen molar-refractivity contribution in [2.45, 2.75) is 0 Å². The highest BCUT2D eigenvalue weighted by atomic mass is 79.9. The predicted molar refractivity (Wildman–Crippen MR) is 73.4 cm³/mol. The number of anilines is 1. The third kappa shape index (κ3) is 3.13. The van der Waals surface area contributed by atoms with Gasteiger partial charge >= 0.3 is 0 Å². The van der Waals surface area contributed by atoms with Crippen molar-refractivity contribution in [2.24, 2.45) is 0 Å². The summed E-state index contributed by atoms with van der Waals surface area (Å²) in [4.78, 5) is 12.0. The summed E-state index contributed by atoms with van der Waals surface area (Å²) in [6.07, 6.45) is 0. The Morgan fingerprint density at radius 3 is 2.55 bits per heavy atom. The van der Waals surface area contributed by atoms with Crippen molar-refractivity contribution >= 4 is 39.1 Å². The number of carbonyl (C=O) groups is 1. The van der Waals surface area contributed by atoms with Crippen molar-refractivity contribution in [2.75, 3.05) is 5.32 Å². The van der Waals surface area contributed by atoms with Crippen LogP contribution in [0.3, 0.4) is 0 Å². The minimum Gasteiger partial charge on any atom is -0.319 e. The highest BCUT2D eigenvalue weighted by Crippen LogP contribution is 2.24. The lowest BCUT2D eigenvalue weighted by atomic mass is 10.2. The summed E-state index contributed by atoms with van der Waals surface area (Å²) in [7, 11) is 0. The Labute approximate surface area is 125 Å². The Bertz CT molecular complexity index is 694. The van der Waals surface area contributed by atoms with Crippen LogP contribution in [0.5, 0.6) is 0 Å². The van der Waals surface area contributed by atoms with Crippen molar-refractivity contribution in [1.82, 2.24) is 0 Å². The summed E-state index contributed by atoms with van der Waals surface area (Å²) < 4.78 is 39.9. The van der Waals surface area contributed by atoms with Crippen molar-refractivity contribution in [3.8, 4) is 0 Å². The fourth-order valence-corrected chi connectivity index (χ4v) is 2.11. The van der Waals surface area contributed by atoms with Gasteiger partial charge in [-0.1, -0.05) is 11.6 Å². The molecule has 2 aromatic carbocycles. The van der Waals surface area contributed by atoms with Crippen LogP contribution in [0.1, 0.15) is 10.4 Å². The number of amides is 1. The van der Waals surface area contributed by atoms with Gasteiger partial charge < -0.3 is 5.32 Å². The van der Waals surface area contributed by atoms with E-state index in [0.717, 1.165) is 0 Å². The molecule has 0 saturated heterocycles. The van der Waals surface area contributed by atoms with Crippen LogP contribution in [0, 0.1) is 17.5 Å². The molecule has 2 aromatic rings. The van der Waals surface area contributed by atoms with E-state index in [4.69, 9.17) is 11.6 Å². The molecule has 0 aliphatic rings. The van der Waals surface area contributed by atoms with Crippen molar-refractivity contribution in [3.63, 3.8) is 0 Å². The minimum atomic E-state index is -1.38. The molecule has 0 atom stereocenters. The Kier molecular flexibility index (Phi) is 4.35. The van der Waals surface area contributed by atoms with Gasteiger partial charge in [-0.15, -0.1) is 0 Å². The lowest BCUT2D eigenvalue weighted by Gasteiger charge is -2.09. The monoisotopic (exact) mass is 363 g/mol. The van der Waals surface area contributed by atoms with Crippen LogP contribution in [0.15, 0.2) is 34.8 Å². The number of benzene rings is 2. The molecule has 2 nitrogen and oxygen atoms in total. The molecule has 0 spiro atoms. The lowest BCUT2D eigenvalue weighted by Crippen LogP contribution is -2.14. The van der Waals surface area contributed by atoms with Gasteiger partial charge in [0.2, 0.25) is 0 Å². The first-order valence-corrected chi connectivity index (χ1v) is 6.46. The molecule has 0 aromatic heterocycles. The molecule has 104 valence electrons. The number of halogens is 5. The zero-order valence-corrected chi connectivity index (χ0v) is 12.0. The molecule has 2 rings (SSSR count). The Morgan fingerprint density at radius 1 is 1.15 bits per heavy atom. The van der Waals surface area contributed by atoms with E-state index >= 15 is 0 Å². The topological polar surface area (TPSA) is 29.1 Å². The maximum Gasteiger partial charge on any atom is 0.256 e. The van der Waals surface area contributed by atoms with Crippen LogP contribution in [-0.2, 0) is 0 Å². The number of hydrogen-bond donors (Lipinski definition) is 1. The second-order valence-electron chi connectivity index (χ2n) is 3.83. The molecule has 7 heteroatoms.